The first-order valence-electron chi connectivity index (χ1n) is 6.33. The summed E-state index contributed by atoms with van der Waals surface area (Å²) in [6.45, 7) is 11.0. The molecule has 0 amide bonds. The van der Waals surface area contributed by atoms with Crippen LogP contribution in [-0.4, -0.2) is 22.6 Å². The zero-order chi connectivity index (χ0) is 13.8. The number of aromatic nitrogens is 2. The molecular formula is C13H23N3O2. The number of hydrogen-bond donors (Lipinski definition) is 2. The fourth-order valence-electron chi connectivity index (χ4n) is 1.62. The molecule has 0 atom stereocenters. The first-order valence-corrected chi connectivity index (χ1v) is 6.33. The molecule has 0 aromatic carbocycles. The summed E-state index contributed by atoms with van der Waals surface area (Å²) in [6, 6.07) is 1.87. The molecule has 2 N–H and O–H groups in total. The first-order chi connectivity index (χ1) is 8.35. The van der Waals surface area contributed by atoms with Crippen molar-refractivity contribution in [2.75, 3.05) is 6.61 Å². The maximum absolute atomic E-state index is 11.6. The van der Waals surface area contributed by atoms with E-state index in [1.165, 1.54) is 6.07 Å². The van der Waals surface area contributed by atoms with Gasteiger partial charge in [0, 0.05) is 25.3 Å². The third-order valence-corrected chi connectivity index (χ3v) is 2.56. The molecule has 5 heteroatoms. The Balaban J connectivity index is 2.97. The van der Waals surface area contributed by atoms with E-state index in [0.717, 1.165) is 5.69 Å². The molecule has 0 radical (unpaired) electrons. The molecule has 5 nitrogen and oxygen atoms in total. The molecule has 1 heterocycles. The number of hydrogen-bond acceptors (Lipinski definition) is 4. The number of nitrogens with one attached hydrogen (secondary N) is 2. The van der Waals surface area contributed by atoms with Crippen molar-refractivity contribution in [3.8, 4) is 0 Å². The van der Waals surface area contributed by atoms with E-state index in [-0.39, 0.29) is 5.56 Å². The summed E-state index contributed by atoms with van der Waals surface area (Å²) < 4.78 is 5.60. The maximum Gasteiger partial charge on any atom is 0.251 e. The molecule has 0 saturated heterocycles. The molecular weight excluding hydrogens is 230 g/mol. The average Bonchev–Trinajstić information content (AvgIpc) is 2.25. The fraction of sp³-hybridized carbons (Fsp3) is 0.692. The van der Waals surface area contributed by atoms with Gasteiger partial charge in [0.2, 0.25) is 0 Å². The molecule has 0 aliphatic heterocycles. The topological polar surface area (TPSA) is 67.0 Å². The van der Waals surface area contributed by atoms with Crippen molar-refractivity contribution in [1.82, 2.24) is 15.3 Å². The Bertz CT molecular complexity index is 438. The highest BCUT2D eigenvalue weighted by Gasteiger charge is 2.24. The SMILES string of the molecule is CCOC(C)(C)c1nc(CNC(C)C)cc(=O)[nH]1. The minimum atomic E-state index is -0.582. The van der Waals surface area contributed by atoms with Crippen LogP contribution in [0.1, 0.15) is 46.1 Å². The van der Waals surface area contributed by atoms with E-state index >= 15 is 0 Å². The quantitative estimate of drug-likeness (QED) is 0.807. The molecule has 102 valence electrons. The number of ether oxygens (including phenoxy) is 1. The summed E-state index contributed by atoms with van der Waals surface area (Å²) in [5, 5.41) is 3.24. The van der Waals surface area contributed by atoms with Gasteiger partial charge in [0.15, 0.2) is 0 Å². The lowest BCUT2D eigenvalue weighted by atomic mass is 10.1. The van der Waals surface area contributed by atoms with E-state index in [4.69, 9.17) is 4.74 Å². The van der Waals surface area contributed by atoms with Crippen molar-refractivity contribution in [1.29, 1.82) is 0 Å². The van der Waals surface area contributed by atoms with Crippen LogP contribution in [-0.2, 0) is 16.9 Å². The van der Waals surface area contributed by atoms with Crippen LogP contribution in [0.2, 0.25) is 0 Å². The minimum Gasteiger partial charge on any atom is -0.368 e. The van der Waals surface area contributed by atoms with Gasteiger partial charge in [0.25, 0.3) is 5.56 Å². The van der Waals surface area contributed by atoms with Crippen LogP contribution in [0.4, 0.5) is 0 Å². The smallest absolute Gasteiger partial charge is 0.251 e. The Morgan fingerprint density at radius 1 is 1.50 bits per heavy atom. The van der Waals surface area contributed by atoms with Gasteiger partial charge in [0.1, 0.15) is 11.4 Å². The van der Waals surface area contributed by atoms with Crippen LogP contribution in [0, 0.1) is 0 Å². The van der Waals surface area contributed by atoms with Crippen molar-refractivity contribution in [2.24, 2.45) is 0 Å². The standard InChI is InChI=1S/C13H23N3O2/c1-6-18-13(4,5)12-15-10(7-11(17)16-12)8-14-9(2)3/h7,9,14H,6,8H2,1-5H3,(H,15,16,17). The van der Waals surface area contributed by atoms with Crippen molar-refractivity contribution in [2.45, 2.75) is 52.8 Å². The van der Waals surface area contributed by atoms with Crippen molar-refractivity contribution < 1.29 is 4.74 Å². The van der Waals surface area contributed by atoms with E-state index in [2.05, 4.69) is 29.1 Å². The van der Waals surface area contributed by atoms with Gasteiger partial charge < -0.3 is 15.0 Å². The van der Waals surface area contributed by atoms with E-state index in [0.29, 0.717) is 25.0 Å². The van der Waals surface area contributed by atoms with Gasteiger partial charge in [-0.3, -0.25) is 4.79 Å². The number of H-pyrrole nitrogens is 1. The average molecular weight is 253 g/mol. The molecule has 0 aliphatic carbocycles. The van der Waals surface area contributed by atoms with Gasteiger partial charge in [-0.15, -0.1) is 0 Å². The van der Waals surface area contributed by atoms with E-state index in [9.17, 15) is 4.79 Å². The summed E-state index contributed by atoms with van der Waals surface area (Å²) in [7, 11) is 0. The molecule has 0 unspecified atom stereocenters. The lowest BCUT2D eigenvalue weighted by Gasteiger charge is -2.23. The molecule has 0 spiro atoms. The summed E-state index contributed by atoms with van der Waals surface area (Å²) in [5.74, 6) is 0.567. The van der Waals surface area contributed by atoms with Crippen LogP contribution in [0.25, 0.3) is 0 Å². The zero-order valence-electron chi connectivity index (χ0n) is 11.8. The molecule has 1 rings (SSSR count). The summed E-state index contributed by atoms with van der Waals surface area (Å²) in [6.07, 6.45) is 0. The lowest BCUT2D eigenvalue weighted by Crippen LogP contribution is -2.30. The Kier molecular flexibility index (Phi) is 5.04. The van der Waals surface area contributed by atoms with Crippen LogP contribution >= 0.6 is 0 Å². The molecule has 0 saturated carbocycles. The zero-order valence-corrected chi connectivity index (χ0v) is 11.8. The van der Waals surface area contributed by atoms with Crippen molar-refractivity contribution in [3.05, 3.63) is 27.9 Å². The van der Waals surface area contributed by atoms with E-state index < -0.39 is 5.60 Å². The molecule has 0 bridgehead atoms. The minimum absolute atomic E-state index is 0.145. The molecule has 1 aromatic rings. The number of aromatic amines is 1. The number of nitrogens with zero attached hydrogens (tertiary/aromatic N) is 1. The predicted octanol–water partition coefficient (Wildman–Crippen LogP) is 1.54. The highest BCUT2D eigenvalue weighted by molar-refractivity contribution is 5.07. The Hall–Kier alpha value is -1.20. The Labute approximate surface area is 108 Å². The second kappa shape index (κ2) is 6.11. The predicted molar refractivity (Wildman–Crippen MR) is 71.5 cm³/mol. The van der Waals surface area contributed by atoms with Gasteiger partial charge in [-0.2, -0.15) is 0 Å². The van der Waals surface area contributed by atoms with Crippen LogP contribution in [0.15, 0.2) is 10.9 Å². The Morgan fingerprint density at radius 3 is 2.72 bits per heavy atom. The Morgan fingerprint density at radius 2 is 2.17 bits per heavy atom. The summed E-state index contributed by atoms with van der Waals surface area (Å²) in [5.41, 5.74) is 0.00504. The van der Waals surface area contributed by atoms with Crippen molar-refractivity contribution in [3.63, 3.8) is 0 Å². The third kappa shape index (κ3) is 4.23. The van der Waals surface area contributed by atoms with Gasteiger partial charge in [-0.05, 0) is 20.8 Å². The first kappa shape index (κ1) is 14.9. The second-order valence-corrected chi connectivity index (χ2v) is 5.06. The molecule has 0 fully saturated rings. The number of rotatable bonds is 6. The van der Waals surface area contributed by atoms with Gasteiger partial charge >= 0.3 is 0 Å². The molecule has 0 aliphatic rings. The largest absolute Gasteiger partial charge is 0.368 e. The van der Waals surface area contributed by atoms with Gasteiger partial charge in [0.05, 0.1) is 5.69 Å². The van der Waals surface area contributed by atoms with Crippen LogP contribution in [0.5, 0.6) is 0 Å². The summed E-state index contributed by atoms with van der Waals surface area (Å²) >= 11 is 0. The summed E-state index contributed by atoms with van der Waals surface area (Å²) in [4.78, 5) is 18.8. The normalized spacial score (nSPS) is 12.1. The van der Waals surface area contributed by atoms with Crippen molar-refractivity contribution >= 4 is 0 Å². The van der Waals surface area contributed by atoms with Gasteiger partial charge in [-0.25, -0.2) is 4.98 Å². The fourth-order valence-corrected chi connectivity index (χ4v) is 1.62. The van der Waals surface area contributed by atoms with E-state index in [1.807, 2.05) is 20.8 Å². The lowest BCUT2D eigenvalue weighted by molar-refractivity contribution is -0.0211. The van der Waals surface area contributed by atoms with Gasteiger partial charge in [-0.1, -0.05) is 13.8 Å². The van der Waals surface area contributed by atoms with Crippen LogP contribution in [0.3, 0.4) is 0 Å². The second-order valence-electron chi connectivity index (χ2n) is 5.06. The highest BCUT2D eigenvalue weighted by Crippen LogP contribution is 2.19. The van der Waals surface area contributed by atoms with E-state index in [1.54, 1.807) is 0 Å². The highest BCUT2D eigenvalue weighted by atomic mass is 16.5. The molecule has 1 aromatic heterocycles. The third-order valence-electron chi connectivity index (χ3n) is 2.56. The monoisotopic (exact) mass is 253 g/mol. The molecule has 18 heavy (non-hydrogen) atoms. The maximum atomic E-state index is 11.6. The van der Waals surface area contributed by atoms with Crippen LogP contribution < -0.4 is 10.9 Å².